The summed E-state index contributed by atoms with van der Waals surface area (Å²) in [6, 6.07) is 22.9. The van der Waals surface area contributed by atoms with Crippen molar-refractivity contribution in [3.63, 3.8) is 0 Å². The quantitative estimate of drug-likeness (QED) is 0.286. The van der Waals surface area contributed by atoms with E-state index in [-0.39, 0.29) is 5.91 Å². The summed E-state index contributed by atoms with van der Waals surface area (Å²) < 4.78 is 17.3. The Balaban J connectivity index is 1.57. The third-order valence-electron chi connectivity index (χ3n) is 5.48. The van der Waals surface area contributed by atoms with Crippen LogP contribution < -0.4 is 19.1 Å². The van der Waals surface area contributed by atoms with Gasteiger partial charge in [-0.1, -0.05) is 36.4 Å². The molecule has 0 N–H and O–H groups in total. The van der Waals surface area contributed by atoms with Gasteiger partial charge in [0.05, 0.1) is 18.9 Å². The molecule has 4 rings (SSSR count). The van der Waals surface area contributed by atoms with E-state index in [1.165, 1.54) is 4.90 Å². The maximum Gasteiger partial charge on any atom is 0.281 e. The van der Waals surface area contributed by atoms with Crippen LogP contribution in [0.15, 0.2) is 78.5 Å². The number of carbonyl (C=O) groups is 1. The highest BCUT2D eigenvalue weighted by Gasteiger charge is 2.36. The van der Waals surface area contributed by atoms with Crippen LogP contribution in [0.3, 0.4) is 0 Å². The van der Waals surface area contributed by atoms with Gasteiger partial charge in [-0.25, -0.2) is 0 Å². The van der Waals surface area contributed by atoms with Crippen molar-refractivity contribution in [2.24, 2.45) is 0 Å². The van der Waals surface area contributed by atoms with Gasteiger partial charge < -0.3 is 19.1 Å². The molecule has 3 aromatic rings. The van der Waals surface area contributed by atoms with Gasteiger partial charge in [0.2, 0.25) is 0 Å². The highest BCUT2D eigenvalue weighted by Crippen LogP contribution is 2.33. The third kappa shape index (κ3) is 5.46. The number of hydrogen-bond donors (Lipinski definition) is 0. The van der Waals surface area contributed by atoms with E-state index < -0.39 is 0 Å². The summed E-state index contributed by atoms with van der Waals surface area (Å²) in [5, 5.41) is 0.415. The Bertz CT molecular complexity index is 1230. The SMILES string of the molecule is CCOc1ccc(N2C(=O)/C(=C/c3ccc(OCc4ccccc4)c(OCC)c3)N(C)C2=S)cc1. The molecule has 7 heteroatoms. The van der Waals surface area contributed by atoms with Crippen LogP contribution in [0.5, 0.6) is 17.2 Å². The molecule has 0 radical (unpaired) electrons. The fraction of sp³-hybridized carbons (Fsp3) is 0.214. The van der Waals surface area contributed by atoms with E-state index in [1.807, 2.05) is 92.7 Å². The summed E-state index contributed by atoms with van der Waals surface area (Å²) in [6.07, 6.45) is 1.81. The van der Waals surface area contributed by atoms with Crippen LogP contribution in [-0.2, 0) is 11.4 Å². The normalized spacial score (nSPS) is 14.5. The van der Waals surface area contributed by atoms with Gasteiger partial charge in [-0.2, -0.15) is 0 Å². The number of likely N-dealkylation sites (N-methyl/N-ethyl adjacent to an activating group) is 1. The van der Waals surface area contributed by atoms with Gasteiger partial charge in [0.15, 0.2) is 16.6 Å². The lowest BCUT2D eigenvalue weighted by Crippen LogP contribution is -2.31. The topological polar surface area (TPSA) is 51.2 Å². The Hall–Kier alpha value is -3.84. The minimum Gasteiger partial charge on any atom is -0.494 e. The minimum atomic E-state index is -0.191. The average Bonchev–Trinajstić information content (AvgIpc) is 3.08. The molecular weight excluding hydrogens is 460 g/mol. The zero-order valence-electron chi connectivity index (χ0n) is 20.1. The molecule has 1 saturated heterocycles. The Morgan fingerprint density at radius 2 is 1.57 bits per heavy atom. The van der Waals surface area contributed by atoms with Gasteiger partial charge in [-0.05, 0) is 79.7 Å². The van der Waals surface area contributed by atoms with Crippen molar-refractivity contribution in [3.05, 3.63) is 89.6 Å². The van der Waals surface area contributed by atoms with Crippen molar-refractivity contribution in [2.45, 2.75) is 20.5 Å². The molecule has 1 fully saturated rings. The van der Waals surface area contributed by atoms with Crippen LogP contribution >= 0.6 is 12.2 Å². The van der Waals surface area contributed by atoms with Crippen LogP contribution in [0.2, 0.25) is 0 Å². The summed E-state index contributed by atoms with van der Waals surface area (Å²) in [6.45, 7) is 5.37. The third-order valence-corrected chi connectivity index (χ3v) is 5.93. The second-order valence-electron chi connectivity index (χ2n) is 7.85. The first-order valence-corrected chi connectivity index (χ1v) is 11.9. The number of ether oxygens (including phenoxy) is 3. The molecule has 1 amide bonds. The van der Waals surface area contributed by atoms with E-state index in [1.54, 1.807) is 11.9 Å². The first kappa shape index (κ1) is 24.3. The molecule has 6 nitrogen and oxygen atoms in total. The molecule has 3 aromatic carbocycles. The Morgan fingerprint density at radius 3 is 2.26 bits per heavy atom. The fourth-order valence-corrected chi connectivity index (χ4v) is 4.02. The lowest BCUT2D eigenvalue weighted by Gasteiger charge is -2.16. The first-order chi connectivity index (χ1) is 17.0. The molecule has 0 unspecified atom stereocenters. The number of rotatable bonds is 9. The number of nitrogens with zero attached hydrogens (tertiary/aromatic N) is 2. The average molecular weight is 489 g/mol. The maximum absolute atomic E-state index is 13.3. The van der Waals surface area contributed by atoms with Gasteiger partial charge in [0.25, 0.3) is 5.91 Å². The molecular formula is C28H28N2O4S. The molecule has 1 aliphatic rings. The zero-order chi connectivity index (χ0) is 24.8. The monoisotopic (exact) mass is 488 g/mol. The van der Waals surface area contributed by atoms with Crippen LogP contribution in [0.4, 0.5) is 5.69 Å². The van der Waals surface area contributed by atoms with Crippen molar-refractivity contribution in [2.75, 3.05) is 25.2 Å². The molecule has 0 aliphatic carbocycles. The molecule has 0 spiro atoms. The van der Waals surface area contributed by atoms with Gasteiger partial charge in [0.1, 0.15) is 18.1 Å². The van der Waals surface area contributed by atoms with E-state index in [2.05, 4.69) is 0 Å². The molecule has 0 saturated carbocycles. The smallest absolute Gasteiger partial charge is 0.281 e. The van der Waals surface area contributed by atoms with Crippen LogP contribution in [-0.4, -0.2) is 36.2 Å². The summed E-state index contributed by atoms with van der Waals surface area (Å²) >= 11 is 5.58. The Labute approximate surface area is 211 Å². The van der Waals surface area contributed by atoms with Crippen LogP contribution in [0.25, 0.3) is 6.08 Å². The summed E-state index contributed by atoms with van der Waals surface area (Å²) in [7, 11) is 1.79. The van der Waals surface area contributed by atoms with Gasteiger partial charge in [-0.15, -0.1) is 0 Å². The van der Waals surface area contributed by atoms with Crippen molar-refractivity contribution in [1.29, 1.82) is 0 Å². The summed E-state index contributed by atoms with van der Waals surface area (Å²) in [4.78, 5) is 16.6. The van der Waals surface area contributed by atoms with Crippen molar-refractivity contribution < 1.29 is 19.0 Å². The Kier molecular flexibility index (Phi) is 7.67. The predicted molar refractivity (Wildman–Crippen MR) is 142 cm³/mol. The number of carbonyl (C=O) groups excluding carboxylic acids is 1. The fourth-order valence-electron chi connectivity index (χ4n) is 3.74. The molecule has 0 bridgehead atoms. The van der Waals surface area contributed by atoms with E-state index >= 15 is 0 Å². The molecule has 1 aliphatic heterocycles. The largest absolute Gasteiger partial charge is 0.494 e. The van der Waals surface area contributed by atoms with E-state index in [0.717, 1.165) is 16.9 Å². The number of thiocarbonyl (C=S) groups is 1. The van der Waals surface area contributed by atoms with Crippen molar-refractivity contribution >= 4 is 35.0 Å². The highest BCUT2D eigenvalue weighted by molar-refractivity contribution is 7.80. The molecule has 35 heavy (non-hydrogen) atoms. The van der Waals surface area contributed by atoms with E-state index in [9.17, 15) is 4.79 Å². The van der Waals surface area contributed by atoms with Gasteiger partial charge >= 0.3 is 0 Å². The molecule has 0 atom stereocenters. The number of anilines is 1. The van der Waals surface area contributed by atoms with Gasteiger partial charge in [0, 0.05) is 7.05 Å². The molecule has 180 valence electrons. The second kappa shape index (κ2) is 11.1. The van der Waals surface area contributed by atoms with Gasteiger partial charge in [-0.3, -0.25) is 9.69 Å². The van der Waals surface area contributed by atoms with Crippen molar-refractivity contribution in [3.8, 4) is 17.2 Å². The van der Waals surface area contributed by atoms with Crippen LogP contribution in [0.1, 0.15) is 25.0 Å². The number of hydrogen-bond acceptors (Lipinski definition) is 5. The molecule has 0 aromatic heterocycles. The standard InChI is InChI=1S/C28H28N2O4S/c1-4-32-23-14-12-22(13-15-23)30-27(31)24(29(3)28(30)35)17-21-11-16-25(26(18-21)33-5-2)34-19-20-9-7-6-8-10-20/h6-18H,4-5,19H2,1-3H3/b24-17-. The minimum absolute atomic E-state index is 0.191. The summed E-state index contributed by atoms with van der Waals surface area (Å²) in [5.41, 5.74) is 3.05. The predicted octanol–water partition coefficient (Wildman–Crippen LogP) is 5.67. The molecule has 1 heterocycles. The zero-order valence-corrected chi connectivity index (χ0v) is 20.9. The maximum atomic E-state index is 13.3. The number of benzene rings is 3. The van der Waals surface area contributed by atoms with E-state index in [0.29, 0.717) is 47.8 Å². The lowest BCUT2D eigenvalue weighted by molar-refractivity contribution is -0.114. The highest BCUT2D eigenvalue weighted by atomic mass is 32.1. The Morgan fingerprint density at radius 1 is 0.857 bits per heavy atom. The van der Waals surface area contributed by atoms with E-state index in [4.69, 9.17) is 26.4 Å². The number of amides is 1. The second-order valence-corrected chi connectivity index (χ2v) is 8.22. The first-order valence-electron chi connectivity index (χ1n) is 11.5. The van der Waals surface area contributed by atoms with Crippen molar-refractivity contribution in [1.82, 2.24) is 4.90 Å². The lowest BCUT2D eigenvalue weighted by atomic mass is 10.1. The van der Waals surface area contributed by atoms with Crippen LogP contribution in [0, 0.1) is 0 Å². The summed E-state index contributed by atoms with van der Waals surface area (Å²) in [5.74, 6) is 1.83.